The van der Waals surface area contributed by atoms with E-state index < -0.39 is 7.60 Å². The van der Waals surface area contributed by atoms with Gasteiger partial charge in [0.2, 0.25) is 0 Å². The molecule has 0 aliphatic rings. The van der Waals surface area contributed by atoms with Gasteiger partial charge in [-0.15, -0.1) is 6.58 Å². The second-order valence-corrected chi connectivity index (χ2v) is 5.76. The maximum absolute atomic E-state index is 11.4. The molecule has 0 saturated carbocycles. The average Bonchev–Trinajstić information content (AvgIpc) is 2.11. The lowest BCUT2D eigenvalue weighted by molar-refractivity contribution is 0.315. The largest absolute Gasteiger partial charge is 0.426 e. The van der Waals surface area contributed by atoms with E-state index in [1.54, 1.807) is 0 Å². The molecule has 0 aromatic carbocycles. The SMILES string of the molecule is C=CCP(=O)(O)OC(CCCC)=C(Cl)Cl. The van der Waals surface area contributed by atoms with E-state index in [0.29, 0.717) is 6.42 Å². The Morgan fingerprint density at radius 3 is 2.60 bits per heavy atom. The number of allylic oxidation sites excluding steroid dienone is 2. The predicted octanol–water partition coefficient (Wildman–Crippen LogP) is 4.21. The fourth-order valence-corrected chi connectivity index (χ4v) is 2.19. The minimum atomic E-state index is -3.69. The molecule has 0 amide bonds. The molecule has 1 N–H and O–H groups in total. The molecule has 6 heteroatoms. The van der Waals surface area contributed by atoms with Crippen LogP contribution in [0.1, 0.15) is 26.2 Å². The van der Waals surface area contributed by atoms with Crippen molar-refractivity contribution < 1.29 is 14.0 Å². The van der Waals surface area contributed by atoms with E-state index in [4.69, 9.17) is 27.7 Å². The number of halogens is 2. The van der Waals surface area contributed by atoms with Crippen LogP contribution in [0, 0.1) is 0 Å². The van der Waals surface area contributed by atoms with Crippen LogP contribution in [0.5, 0.6) is 0 Å². The molecule has 0 aromatic rings. The Morgan fingerprint density at radius 1 is 1.60 bits per heavy atom. The van der Waals surface area contributed by atoms with E-state index >= 15 is 0 Å². The number of hydrogen-bond acceptors (Lipinski definition) is 2. The van der Waals surface area contributed by atoms with Crippen molar-refractivity contribution in [3.8, 4) is 0 Å². The van der Waals surface area contributed by atoms with Crippen LogP contribution >= 0.6 is 30.8 Å². The number of rotatable bonds is 7. The Balaban J connectivity index is 4.49. The van der Waals surface area contributed by atoms with Crippen molar-refractivity contribution in [3.63, 3.8) is 0 Å². The lowest BCUT2D eigenvalue weighted by Crippen LogP contribution is -1.95. The predicted molar refractivity (Wildman–Crippen MR) is 64.2 cm³/mol. The van der Waals surface area contributed by atoms with E-state index in [1.165, 1.54) is 6.08 Å². The molecule has 0 fully saturated rings. The first-order valence-electron chi connectivity index (χ1n) is 4.59. The zero-order valence-electron chi connectivity index (χ0n) is 8.58. The van der Waals surface area contributed by atoms with Gasteiger partial charge in [0.05, 0.1) is 6.16 Å². The minimum Gasteiger partial charge on any atom is -0.426 e. The van der Waals surface area contributed by atoms with Crippen molar-refractivity contribution >= 4 is 30.8 Å². The Kier molecular flexibility index (Phi) is 7.37. The number of hydrogen-bond donors (Lipinski definition) is 1. The molecule has 1 atom stereocenters. The molecule has 0 saturated heterocycles. The summed E-state index contributed by atoms with van der Waals surface area (Å²) in [5.74, 6) is 0.174. The lowest BCUT2D eigenvalue weighted by atomic mass is 10.2. The van der Waals surface area contributed by atoms with Crippen molar-refractivity contribution in [3.05, 3.63) is 22.9 Å². The van der Waals surface area contributed by atoms with E-state index in [9.17, 15) is 9.46 Å². The van der Waals surface area contributed by atoms with Gasteiger partial charge in [-0.3, -0.25) is 0 Å². The molecule has 88 valence electrons. The maximum atomic E-state index is 11.4. The third-order valence-corrected chi connectivity index (χ3v) is 3.23. The molecule has 0 heterocycles. The standard InChI is InChI=1S/C9H15Cl2O3P/c1-3-5-6-8(9(10)11)14-15(12,13)7-4-2/h4H,2-3,5-7H2,1H3,(H,12,13). The summed E-state index contributed by atoms with van der Waals surface area (Å²) in [5, 5.41) is 0. The Morgan fingerprint density at radius 2 is 2.20 bits per heavy atom. The van der Waals surface area contributed by atoms with Crippen LogP contribution in [-0.4, -0.2) is 11.1 Å². The first-order valence-corrected chi connectivity index (χ1v) is 7.11. The van der Waals surface area contributed by atoms with Gasteiger partial charge in [0.1, 0.15) is 10.3 Å². The third-order valence-electron chi connectivity index (χ3n) is 1.58. The summed E-state index contributed by atoms with van der Waals surface area (Å²) in [6.45, 7) is 5.35. The molecule has 0 bridgehead atoms. The molecular formula is C9H15Cl2O3P. The van der Waals surface area contributed by atoms with E-state index in [-0.39, 0.29) is 16.4 Å². The van der Waals surface area contributed by atoms with Gasteiger partial charge in [-0.1, -0.05) is 42.6 Å². The zero-order valence-corrected chi connectivity index (χ0v) is 11.0. The quantitative estimate of drug-likeness (QED) is 0.429. The van der Waals surface area contributed by atoms with Gasteiger partial charge in [-0.05, 0) is 6.42 Å². The van der Waals surface area contributed by atoms with Gasteiger partial charge in [-0.25, -0.2) is 4.57 Å². The third kappa shape index (κ3) is 7.02. The molecular weight excluding hydrogens is 258 g/mol. The maximum Gasteiger partial charge on any atom is 0.380 e. The van der Waals surface area contributed by atoms with Crippen LogP contribution in [0.15, 0.2) is 22.9 Å². The highest BCUT2D eigenvalue weighted by Crippen LogP contribution is 2.46. The van der Waals surface area contributed by atoms with Crippen molar-refractivity contribution in [1.82, 2.24) is 0 Å². The Labute approximate surface area is 100 Å². The van der Waals surface area contributed by atoms with Crippen LogP contribution in [0.2, 0.25) is 0 Å². The monoisotopic (exact) mass is 272 g/mol. The molecule has 0 spiro atoms. The van der Waals surface area contributed by atoms with Gasteiger partial charge in [0.25, 0.3) is 0 Å². The van der Waals surface area contributed by atoms with Crippen LogP contribution in [0.4, 0.5) is 0 Å². The summed E-state index contributed by atoms with van der Waals surface area (Å²) in [5.41, 5.74) is 0. The molecule has 0 rings (SSSR count). The van der Waals surface area contributed by atoms with Gasteiger partial charge in [0, 0.05) is 6.42 Å². The Bertz CT molecular complexity index is 285. The van der Waals surface area contributed by atoms with Crippen LogP contribution < -0.4 is 0 Å². The molecule has 15 heavy (non-hydrogen) atoms. The molecule has 0 radical (unpaired) electrons. The van der Waals surface area contributed by atoms with Gasteiger partial charge < -0.3 is 9.42 Å². The fourth-order valence-electron chi connectivity index (χ4n) is 0.885. The molecule has 0 aliphatic heterocycles. The van der Waals surface area contributed by atoms with Gasteiger partial charge >= 0.3 is 7.60 Å². The number of unbranched alkanes of at least 4 members (excludes halogenated alkanes) is 1. The lowest BCUT2D eigenvalue weighted by Gasteiger charge is -2.14. The second-order valence-electron chi connectivity index (χ2n) is 2.99. The second kappa shape index (κ2) is 7.34. The summed E-state index contributed by atoms with van der Waals surface area (Å²) in [6, 6.07) is 0. The summed E-state index contributed by atoms with van der Waals surface area (Å²) in [7, 11) is -3.69. The van der Waals surface area contributed by atoms with Gasteiger partial charge in [0.15, 0.2) is 0 Å². The Hall–Kier alpha value is 0.0500. The highest BCUT2D eigenvalue weighted by Gasteiger charge is 2.21. The molecule has 3 nitrogen and oxygen atoms in total. The topological polar surface area (TPSA) is 46.5 Å². The van der Waals surface area contributed by atoms with Crippen LogP contribution in [0.3, 0.4) is 0 Å². The van der Waals surface area contributed by atoms with E-state index in [0.717, 1.165) is 12.8 Å². The smallest absolute Gasteiger partial charge is 0.380 e. The van der Waals surface area contributed by atoms with Crippen molar-refractivity contribution in [2.45, 2.75) is 26.2 Å². The summed E-state index contributed by atoms with van der Waals surface area (Å²) >= 11 is 11.1. The van der Waals surface area contributed by atoms with Gasteiger partial charge in [-0.2, -0.15) is 0 Å². The van der Waals surface area contributed by atoms with Crippen LogP contribution in [0.25, 0.3) is 0 Å². The first-order chi connectivity index (χ1) is 6.93. The van der Waals surface area contributed by atoms with Crippen molar-refractivity contribution in [1.29, 1.82) is 0 Å². The highest BCUT2D eigenvalue weighted by molar-refractivity contribution is 7.53. The zero-order chi connectivity index (χ0) is 11.9. The first kappa shape index (κ1) is 15.0. The average molecular weight is 273 g/mol. The molecule has 1 unspecified atom stereocenters. The summed E-state index contributed by atoms with van der Waals surface area (Å²) in [6.07, 6.45) is 3.38. The van der Waals surface area contributed by atoms with E-state index in [2.05, 4.69) is 6.58 Å². The highest BCUT2D eigenvalue weighted by atomic mass is 35.5. The normalized spacial score (nSPS) is 14.1. The molecule has 0 aromatic heterocycles. The van der Waals surface area contributed by atoms with Crippen molar-refractivity contribution in [2.75, 3.05) is 6.16 Å². The fraction of sp³-hybridized carbons (Fsp3) is 0.556. The summed E-state index contributed by atoms with van der Waals surface area (Å²) < 4.78 is 16.2. The van der Waals surface area contributed by atoms with Crippen LogP contribution in [-0.2, 0) is 9.09 Å². The van der Waals surface area contributed by atoms with E-state index in [1.807, 2.05) is 6.92 Å². The molecule has 0 aliphatic carbocycles. The summed E-state index contributed by atoms with van der Waals surface area (Å²) in [4.78, 5) is 9.34. The minimum absolute atomic E-state index is 0.0956. The van der Waals surface area contributed by atoms with Crippen molar-refractivity contribution in [2.24, 2.45) is 0 Å².